The molecule has 156 valence electrons. The number of carbonyl (C=O) groups is 2. The van der Waals surface area contributed by atoms with Gasteiger partial charge in [-0.15, -0.1) is 0 Å². The number of hydrogen-bond donors (Lipinski definition) is 2. The van der Waals surface area contributed by atoms with Gasteiger partial charge in [0.15, 0.2) is 11.5 Å². The van der Waals surface area contributed by atoms with E-state index in [1.165, 1.54) is 7.11 Å². The Bertz CT molecular complexity index is 1250. The zero-order valence-corrected chi connectivity index (χ0v) is 17.1. The lowest BCUT2D eigenvalue weighted by Gasteiger charge is -2.13. The summed E-state index contributed by atoms with van der Waals surface area (Å²) in [6.07, 6.45) is 3.37. The van der Waals surface area contributed by atoms with E-state index in [-0.39, 0.29) is 0 Å². The molecule has 1 amide bonds. The number of ketones is 1. The number of hydrogen-bond acceptors (Lipinski definition) is 5. The fourth-order valence-electron chi connectivity index (χ4n) is 3.38. The van der Waals surface area contributed by atoms with E-state index in [0.717, 1.165) is 16.5 Å². The number of nitrogens with zero attached hydrogens (tertiary/aromatic N) is 1. The first-order valence-corrected chi connectivity index (χ1v) is 9.69. The van der Waals surface area contributed by atoms with E-state index in [4.69, 9.17) is 9.47 Å². The number of ether oxygens (including phenoxy) is 2. The molecule has 0 atom stereocenters. The van der Waals surface area contributed by atoms with Gasteiger partial charge in [-0.05, 0) is 42.8 Å². The maximum Gasteiger partial charge on any atom is 0.296 e. The number of nitrogens with one attached hydrogen (secondary N) is 2. The smallest absolute Gasteiger partial charge is 0.296 e. The second-order valence-corrected chi connectivity index (χ2v) is 6.96. The molecule has 0 saturated carbocycles. The molecule has 0 unspecified atom stereocenters. The molecule has 0 aliphatic rings. The van der Waals surface area contributed by atoms with Crippen molar-refractivity contribution in [3.05, 3.63) is 83.8 Å². The quantitative estimate of drug-likeness (QED) is 0.347. The number of aromatic amines is 1. The first-order valence-electron chi connectivity index (χ1n) is 9.69. The summed E-state index contributed by atoms with van der Waals surface area (Å²) < 4.78 is 11.2. The Hall–Kier alpha value is -4.13. The third-order valence-electron chi connectivity index (χ3n) is 4.89. The largest absolute Gasteiger partial charge is 0.493 e. The van der Waals surface area contributed by atoms with Gasteiger partial charge in [0.1, 0.15) is 6.61 Å². The minimum absolute atomic E-state index is 0.309. The van der Waals surface area contributed by atoms with Crippen molar-refractivity contribution >= 4 is 28.3 Å². The van der Waals surface area contributed by atoms with Gasteiger partial charge < -0.3 is 19.8 Å². The molecule has 0 fully saturated rings. The van der Waals surface area contributed by atoms with Crippen LogP contribution in [0.2, 0.25) is 0 Å². The number of pyridine rings is 1. The first-order chi connectivity index (χ1) is 15.1. The first kappa shape index (κ1) is 20.2. The van der Waals surface area contributed by atoms with Gasteiger partial charge in [-0.1, -0.05) is 18.2 Å². The number of rotatable bonds is 7. The van der Waals surface area contributed by atoms with Crippen molar-refractivity contribution < 1.29 is 19.1 Å². The molecule has 2 aromatic carbocycles. The zero-order chi connectivity index (χ0) is 21.8. The second kappa shape index (κ2) is 8.71. The predicted octanol–water partition coefficient (Wildman–Crippen LogP) is 4.28. The fraction of sp³-hybridized carbons (Fsp3) is 0.125. The van der Waals surface area contributed by atoms with Crippen LogP contribution in [0, 0.1) is 6.92 Å². The van der Waals surface area contributed by atoms with Crippen LogP contribution >= 0.6 is 0 Å². The van der Waals surface area contributed by atoms with Gasteiger partial charge >= 0.3 is 0 Å². The summed E-state index contributed by atoms with van der Waals surface area (Å²) >= 11 is 0. The summed E-state index contributed by atoms with van der Waals surface area (Å²) in [4.78, 5) is 32.7. The number of fused-ring (bicyclic) bond motifs is 1. The summed E-state index contributed by atoms with van der Waals surface area (Å²) in [5, 5.41) is 3.38. The molecule has 2 N–H and O–H groups in total. The number of carbonyl (C=O) groups excluding carboxylic acids is 2. The summed E-state index contributed by atoms with van der Waals surface area (Å²) in [5.74, 6) is -0.359. The van der Waals surface area contributed by atoms with Gasteiger partial charge in [0.2, 0.25) is 0 Å². The van der Waals surface area contributed by atoms with Crippen molar-refractivity contribution in [2.45, 2.75) is 13.5 Å². The average molecular weight is 415 g/mol. The molecule has 0 aliphatic carbocycles. The number of anilines is 1. The average Bonchev–Trinajstić information content (AvgIpc) is 3.13. The summed E-state index contributed by atoms with van der Waals surface area (Å²) in [6, 6.07) is 16.1. The lowest BCUT2D eigenvalue weighted by Crippen LogP contribution is -2.23. The van der Waals surface area contributed by atoms with E-state index >= 15 is 0 Å². The Kier molecular flexibility index (Phi) is 5.66. The van der Waals surface area contributed by atoms with Crippen molar-refractivity contribution in [1.82, 2.24) is 9.97 Å². The highest BCUT2D eigenvalue weighted by atomic mass is 16.5. The number of benzene rings is 2. The van der Waals surface area contributed by atoms with E-state index in [1.54, 1.807) is 37.5 Å². The Balaban J connectivity index is 1.53. The molecule has 0 bridgehead atoms. The van der Waals surface area contributed by atoms with Crippen molar-refractivity contribution in [3.63, 3.8) is 0 Å². The van der Waals surface area contributed by atoms with Crippen LogP contribution in [-0.2, 0) is 11.4 Å². The standard InChI is InChI=1S/C24H21N3O4/c1-15-22(18-5-3-4-6-19(18)26-15)23(28)24(29)27-17-7-8-20(30-2)21(13-17)31-14-16-9-11-25-12-10-16/h3-13,26H,14H2,1-2H3,(H,27,29). The molecule has 0 radical (unpaired) electrons. The highest BCUT2D eigenvalue weighted by Gasteiger charge is 2.23. The van der Waals surface area contributed by atoms with Gasteiger partial charge in [0.25, 0.3) is 11.7 Å². The van der Waals surface area contributed by atoms with E-state index in [0.29, 0.717) is 35.1 Å². The predicted molar refractivity (Wildman–Crippen MR) is 118 cm³/mol. The Morgan fingerprint density at radius 3 is 2.58 bits per heavy atom. The minimum Gasteiger partial charge on any atom is -0.493 e. The van der Waals surface area contributed by atoms with Gasteiger partial charge in [-0.25, -0.2) is 0 Å². The van der Waals surface area contributed by atoms with Crippen LogP contribution in [0.5, 0.6) is 11.5 Å². The molecule has 2 heterocycles. The topological polar surface area (TPSA) is 93.3 Å². The number of Topliss-reactive ketones (excluding diaryl/α,β-unsaturated/α-hetero) is 1. The van der Waals surface area contributed by atoms with E-state index in [2.05, 4.69) is 15.3 Å². The summed E-state index contributed by atoms with van der Waals surface area (Å²) in [6.45, 7) is 2.09. The number of methoxy groups -OCH3 is 1. The molecule has 2 aromatic heterocycles. The maximum absolute atomic E-state index is 12.9. The number of para-hydroxylation sites is 1. The summed E-state index contributed by atoms with van der Waals surface area (Å²) in [5.41, 5.74) is 3.21. The normalized spacial score (nSPS) is 10.6. The van der Waals surface area contributed by atoms with Crippen LogP contribution in [-0.4, -0.2) is 28.8 Å². The van der Waals surface area contributed by atoms with Gasteiger partial charge in [0.05, 0.1) is 12.7 Å². The molecule has 0 aliphatic heterocycles. The van der Waals surface area contributed by atoms with Crippen LogP contribution in [0.25, 0.3) is 10.9 Å². The van der Waals surface area contributed by atoms with Gasteiger partial charge in [0, 0.05) is 40.7 Å². The van der Waals surface area contributed by atoms with E-state index < -0.39 is 11.7 Å². The molecule has 31 heavy (non-hydrogen) atoms. The fourth-order valence-corrected chi connectivity index (χ4v) is 3.38. The van der Waals surface area contributed by atoms with Crippen molar-refractivity contribution in [3.8, 4) is 11.5 Å². The van der Waals surface area contributed by atoms with Crippen molar-refractivity contribution in [2.24, 2.45) is 0 Å². The van der Waals surface area contributed by atoms with Crippen LogP contribution in [0.15, 0.2) is 67.0 Å². The van der Waals surface area contributed by atoms with Crippen molar-refractivity contribution in [2.75, 3.05) is 12.4 Å². The highest BCUT2D eigenvalue weighted by Crippen LogP contribution is 2.31. The third kappa shape index (κ3) is 4.25. The Morgan fingerprint density at radius 2 is 1.81 bits per heavy atom. The molecule has 0 spiro atoms. The highest BCUT2D eigenvalue weighted by molar-refractivity contribution is 6.48. The molecule has 0 saturated heterocycles. The minimum atomic E-state index is -0.724. The molecule has 7 heteroatoms. The monoisotopic (exact) mass is 415 g/mol. The van der Waals surface area contributed by atoms with Crippen LogP contribution < -0.4 is 14.8 Å². The number of H-pyrrole nitrogens is 1. The SMILES string of the molecule is COc1ccc(NC(=O)C(=O)c2c(C)[nH]c3ccccc23)cc1OCc1ccncc1. The number of aryl methyl sites for hydroxylation is 1. The Labute approximate surface area is 179 Å². The zero-order valence-electron chi connectivity index (χ0n) is 17.1. The second-order valence-electron chi connectivity index (χ2n) is 6.96. The van der Waals surface area contributed by atoms with Gasteiger partial charge in [-0.2, -0.15) is 0 Å². The third-order valence-corrected chi connectivity index (χ3v) is 4.89. The van der Waals surface area contributed by atoms with Gasteiger partial charge in [-0.3, -0.25) is 14.6 Å². The molecular weight excluding hydrogens is 394 g/mol. The van der Waals surface area contributed by atoms with Crippen molar-refractivity contribution in [1.29, 1.82) is 0 Å². The van der Waals surface area contributed by atoms with Crippen LogP contribution in [0.4, 0.5) is 5.69 Å². The lowest BCUT2D eigenvalue weighted by molar-refractivity contribution is -0.112. The van der Waals surface area contributed by atoms with E-state index in [1.807, 2.05) is 36.4 Å². The lowest BCUT2D eigenvalue weighted by atomic mass is 10.1. The van der Waals surface area contributed by atoms with E-state index in [9.17, 15) is 9.59 Å². The maximum atomic E-state index is 12.9. The molecule has 4 rings (SSSR count). The van der Waals surface area contributed by atoms with Crippen LogP contribution in [0.3, 0.4) is 0 Å². The van der Waals surface area contributed by atoms with Crippen LogP contribution in [0.1, 0.15) is 21.6 Å². The number of amides is 1. The Morgan fingerprint density at radius 1 is 1.03 bits per heavy atom. The summed E-state index contributed by atoms with van der Waals surface area (Å²) in [7, 11) is 1.54. The number of aromatic nitrogens is 2. The molecule has 4 aromatic rings. The molecule has 7 nitrogen and oxygen atoms in total. The molecular formula is C24H21N3O4.